The summed E-state index contributed by atoms with van der Waals surface area (Å²) in [5.74, 6) is -0.320. The van der Waals surface area contributed by atoms with Crippen LogP contribution in [-0.2, 0) is 15.0 Å². The second-order valence-corrected chi connectivity index (χ2v) is 8.65. The third-order valence-electron chi connectivity index (χ3n) is 5.81. The average Bonchev–Trinajstić information content (AvgIpc) is 3.37. The number of nitrogens with one attached hydrogen (secondary N) is 1. The first-order chi connectivity index (χ1) is 14.6. The highest BCUT2D eigenvalue weighted by Gasteiger charge is 2.42. The SMILES string of the molecule is O=C1S/C(=C\c2ccccc2)C(=O)N1CCNC(=O)C1(c2ccccc2)CCCC1. The third-order valence-corrected chi connectivity index (χ3v) is 6.72. The molecule has 0 spiro atoms. The van der Waals surface area contributed by atoms with E-state index < -0.39 is 5.41 Å². The number of nitrogens with zero attached hydrogens (tertiary/aromatic N) is 1. The van der Waals surface area contributed by atoms with Crippen LogP contribution in [0.3, 0.4) is 0 Å². The van der Waals surface area contributed by atoms with E-state index in [9.17, 15) is 14.4 Å². The van der Waals surface area contributed by atoms with E-state index in [-0.39, 0.29) is 30.1 Å². The van der Waals surface area contributed by atoms with Crippen LogP contribution >= 0.6 is 11.8 Å². The van der Waals surface area contributed by atoms with E-state index in [4.69, 9.17) is 0 Å². The molecule has 2 aromatic carbocycles. The fourth-order valence-corrected chi connectivity index (χ4v) is 5.09. The van der Waals surface area contributed by atoms with E-state index in [2.05, 4.69) is 5.32 Å². The van der Waals surface area contributed by atoms with E-state index >= 15 is 0 Å². The molecular weight excluding hydrogens is 396 g/mol. The normalized spacial score (nSPS) is 19.5. The van der Waals surface area contributed by atoms with Crippen molar-refractivity contribution in [3.8, 4) is 0 Å². The van der Waals surface area contributed by atoms with Crippen molar-refractivity contribution in [2.45, 2.75) is 31.1 Å². The Morgan fingerprint density at radius 3 is 2.30 bits per heavy atom. The highest BCUT2D eigenvalue weighted by Crippen LogP contribution is 2.41. The van der Waals surface area contributed by atoms with E-state index in [1.165, 1.54) is 4.90 Å². The van der Waals surface area contributed by atoms with Crippen LogP contribution in [0.25, 0.3) is 6.08 Å². The molecule has 154 valence electrons. The fraction of sp³-hybridized carbons (Fsp3) is 0.292. The Bertz CT molecular complexity index is 966. The summed E-state index contributed by atoms with van der Waals surface area (Å²) >= 11 is 0.943. The number of carbonyl (C=O) groups is 3. The number of benzene rings is 2. The van der Waals surface area contributed by atoms with Gasteiger partial charge in [-0.25, -0.2) is 0 Å². The van der Waals surface area contributed by atoms with Crippen LogP contribution in [0.5, 0.6) is 0 Å². The van der Waals surface area contributed by atoms with Gasteiger partial charge in [-0.2, -0.15) is 0 Å². The molecule has 1 saturated heterocycles. The van der Waals surface area contributed by atoms with Crippen LogP contribution < -0.4 is 5.32 Å². The molecule has 1 aliphatic heterocycles. The molecule has 30 heavy (non-hydrogen) atoms. The lowest BCUT2D eigenvalue weighted by Crippen LogP contribution is -2.45. The summed E-state index contributed by atoms with van der Waals surface area (Å²) in [7, 11) is 0. The van der Waals surface area contributed by atoms with Gasteiger partial charge in [-0.05, 0) is 41.8 Å². The predicted octanol–water partition coefficient (Wildman–Crippen LogP) is 4.35. The van der Waals surface area contributed by atoms with Gasteiger partial charge in [0, 0.05) is 13.1 Å². The smallest absolute Gasteiger partial charge is 0.293 e. The Labute approximate surface area is 180 Å². The van der Waals surface area contributed by atoms with Crippen LogP contribution in [0.2, 0.25) is 0 Å². The molecule has 2 fully saturated rings. The monoisotopic (exact) mass is 420 g/mol. The largest absolute Gasteiger partial charge is 0.354 e. The molecular formula is C24H24N2O3S. The summed E-state index contributed by atoms with van der Waals surface area (Å²) in [6.07, 6.45) is 5.42. The zero-order chi connectivity index (χ0) is 21.0. The lowest BCUT2D eigenvalue weighted by atomic mass is 9.78. The van der Waals surface area contributed by atoms with Crippen molar-refractivity contribution < 1.29 is 14.4 Å². The van der Waals surface area contributed by atoms with E-state index in [1.807, 2.05) is 60.7 Å². The minimum absolute atomic E-state index is 0.0157. The molecule has 0 aromatic heterocycles. The fourth-order valence-electron chi connectivity index (χ4n) is 4.23. The number of thioether (sulfide) groups is 1. The summed E-state index contributed by atoms with van der Waals surface area (Å²) < 4.78 is 0. The van der Waals surface area contributed by atoms with Crippen molar-refractivity contribution in [2.75, 3.05) is 13.1 Å². The Balaban J connectivity index is 1.39. The number of hydrogen-bond acceptors (Lipinski definition) is 4. The molecule has 1 saturated carbocycles. The predicted molar refractivity (Wildman–Crippen MR) is 119 cm³/mol. The van der Waals surface area contributed by atoms with Crippen molar-refractivity contribution in [1.29, 1.82) is 0 Å². The summed E-state index contributed by atoms with van der Waals surface area (Å²) in [6.45, 7) is 0.428. The highest BCUT2D eigenvalue weighted by atomic mass is 32.2. The molecule has 1 N–H and O–H groups in total. The van der Waals surface area contributed by atoms with Crippen LogP contribution in [0.1, 0.15) is 36.8 Å². The molecule has 5 nitrogen and oxygen atoms in total. The third kappa shape index (κ3) is 4.05. The van der Waals surface area contributed by atoms with Crippen molar-refractivity contribution in [3.63, 3.8) is 0 Å². The van der Waals surface area contributed by atoms with Gasteiger partial charge in [-0.1, -0.05) is 73.5 Å². The Hall–Kier alpha value is -2.86. The molecule has 0 bridgehead atoms. The van der Waals surface area contributed by atoms with Gasteiger partial charge in [0.05, 0.1) is 10.3 Å². The highest BCUT2D eigenvalue weighted by molar-refractivity contribution is 8.18. The van der Waals surface area contributed by atoms with Gasteiger partial charge < -0.3 is 5.32 Å². The number of hydrogen-bond donors (Lipinski definition) is 1. The topological polar surface area (TPSA) is 66.5 Å². The first-order valence-electron chi connectivity index (χ1n) is 10.2. The minimum Gasteiger partial charge on any atom is -0.354 e. The molecule has 0 unspecified atom stereocenters. The van der Waals surface area contributed by atoms with Crippen molar-refractivity contribution in [2.24, 2.45) is 0 Å². The molecule has 6 heteroatoms. The summed E-state index contributed by atoms with van der Waals surface area (Å²) in [4.78, 5) is 39.7. The summed E-state index contributed by atoms with van der Waals surface area (Å²) in [6, 6.07) is 19.3. The van der Waals surface area contributed by atoms with Crippen molar-refractivity contribution in [1.82, 2.24) is 10.2 Å². The number of amides is 3. The van der Waals surface area contributed by atoms with Crippen LogP contribution in [0, 0.1) is 0 Å². The lowest BCUT2D eigenvalue weighted by Gasteiger charge is -2.28. The molecule has 1 aliphatic carbocycles. The second-order valence-electron chi connectivity index (χ2n) is 7.66. The van der Waals surface area contributed by atoms with Gasteiger partial charge in [-0.3, -0.25) is 19.3 Å². The first kappa shape index (κ1) is 20.4. The van der Waals surface area contributed by atoms with Gasteiger partial charge in [0.1, 0.15) is 0 Å². The number of imide groups is 1. The molecule has 0 atom stereocenters. The van der Waals surface area contributed by atoms with E-state index in [1.54, 1.807) is 6.08 Å². The molecule has 2 aromatic rings. The van der Waals surface area contributed by atoms with E-state index in [0.29, 0.717) is 4.91 Å². The van der Waals surface area contributed by atoms with Gasteiger partial charge in [-0.15, -0.1) is 0 Å². The molecule has 2 aliphatic rings. The molecule has 0 radical (unpaired) electrons. The van der Waals surface area contributed by atoms with E-state index in [0.717, 1.165) is 48.6 Å². The quantitative estimate of drug-likeness (QED) is 0.706. The summed E-state index contributed by atoms with van der Waals surface area (Å²) in [5.41, 5.74) is 1.41. The number of rotatable bonds is 6. The maximum absolute atomic E-state index is 13.1. The lowest BCUT2D eigenvalue weighted by molar-refractivity contribution is -0.127. The van der Waals surface area contributed by atoms with Gasteiger partial charge >= 0.3 is 0 Å². The molecule has 4 rings (SSSR count). The maximum Gasteiger partial charge on any atom is 0.293 e. The van der Waals surface area contributed by atoms with Crippen LogP contribution in [0.15, 0.2) is 65.6 Å². The van der Waals surface area contributed by atoms with Crippen LogP contribution in [0.4, 0.5) is 4.79 Å². The zero-order valence-corrected chi connectivity index (χ0v) is 17.5. The van der Waals surface area contributed by atoms with Gasteiger partial charge in [0.25, 0.3) is 11.1 Å². The number of carbonyl (C=O) groups excluding carboxylic acids is 3. The Morgan fingerprint density at radius 2 is 1.63 bits per heavy atom. The summed E-state index contributed by atoms with van der Waals surface area (Å²) in [5, 5.41) is 2.69. The Morgan fingerprint density at radius 1 is 1.00 bits per heavy atom. The minimum atomic E-state index is -0.507. The van der Waals surface area contributed by atoms with Crippen molar-refractivity contribution >= 4 is 34.9 Å². The van der Waals surface area contributed by atoms with Crippen LogP contribution in [-0.4, -0.2) is 35.0 Å². The second kappa shape index (κ2) is 8.88. The standard InChI is InChI=1S/C24H24N2O3S/c27-21-20(17-18-9-3-1-4-10-18)30-23(29)26(21)16-15-25-22(28)24(13-7-8-14-24)19-11-5-2-6-12-19/h1-6,9-12,17H,7-8,13-16H2,(H,25,28)/b20-17-. The Kier molecular flexibility index (Phi) is 6.04. The molecule has 3 amide bonds. The zero-order valence-electron chi connectivity index (χ0n) is 16.7. The average molecular weight is 421 g/mol. The van der Waals surface area contributed by atoms with Crippen molar-refractivity contribution in [3.05, 3.63) is 76.7 Å². The first-order valence-corrected chi connectivity index (χ1v) is 11.1. The maximum atomic E-state index is 13.1. The van der Waals surface area contributed by atoms with Gasteiger partial charge in [0.2, 0.25) is 5.91 Å². The van der Waals surface area contributed by atoms with Gasteiger partial charge in [0.15, 0.2) is 0 Å². The molecule has 1 heterocycles.